The smallest absolute Gasteiger partial charge is 0.253 e. The number of nitrogens with zero attached hydrogens (tertiary/aromatic N) is 4. The summed E-state index contributed by atoms with van der Waals surface area (Å²) in [5.41, 5.74) is 4.52. The molecule has 53 heavy (non-hydrogen) atoms. The number of amides is 2. The monoisotopic (exact) mass is 874 g/mol. The first-order valence-corrected chi connectivity index (χ1v) is 25.9. The first-order valence-electron chi connectivity index (χ1n) is 17.1. The van der Waals surface area contributed by atoms with Gasteiger partial charge in [-0.05, 0) is 78.3 Å². The van der Waals surface area contributed by atoms with Crippen LogP contribution in [0.2, 0.25) is 19.6 Å². The van der Waals surface area contributed by atoms with Crippen LogP contribution in [0.5, 0.6) is 0 Å². The summed E-state index contributed by atoms with van der Waals surface area (Å²) in [6.07, 6.45) is 0. The Morgan fingerprint density at radius 1 is 0.660 bits per heavy atom. The van der Waals surface area contributed by atoms with Crippen molar-refractivity contribution in [1.82, 2.24) is 18.4 Å². The maximum absolute atomic E-state index is 13.2. The molecule has 6 rings (SSSR count). The lowest BCUT2D eigenvalue weighted by atomic mass is 10.1. The second-order valence-corrected chi connectivity index (χ2v) is 26.4. The minimum absolute atomic E-state index is 0.0571. The Morgan fingerprint density at radius 2 is 1.09 bits per heavy atom. The second kappa shape index (κ2) is 17.1. The lowest BCUT2D eigenvalue weighted by Gasteiger charge is -2.38. The number of hydrogen-bond acceptors (Lipinski definition) is 8. The van der Waals surface area contributed by atoms with Crippen molar-refractivity contribution in [2.24, 2.45) is 0 Å². The molecule has 0 radical (unpaired) electrons. The highest BCUT2D eigenvalue weighted by Gasteiger charge is 2.37. The second-order valence-electron chi connectivity index (χ2n) is 13.8. The Balaban J connectivity index is 0.000000208. The zero-order chi connectivity index (χ0) is 38.6. The topological polar surface area (TPSA) is 115 Å². The molecular weight excluding hydrogens is 833 g/mol. The van der Waals surface area contributed by atoms with Crippen LogP contribution >= 0.6 is 38.6 Å². The van der Waals surface area contributed by atoms with E-state index in [0.717, 1.165) is 8.66 Å². The van der Waals surface area contributed by atoms with Gasteiger partial charge in [0, 0.05) is 62.5 Å². The Morgan fingerprint density at radius 3 is 1.49 bits per heavy atom. The predicted octanol–water partition coefficient (Wildman–Crippen LogP) is 6.56. The number of carbonyl (C=O) groups excluding carboxylic acids is 2. The van der Waals surface area contributed by atoms with E-state index in [-0.39, 0.29) is 30.4 Å². The molecule has 2 amide bonds. The fraction of sp³-hybridized carbons (Fsp3) is 0.351. The van der Waals surface area contributed by atoms with Gasteiger partial charge in [0.25, 0.3) is 31.9 Å². The van der Waals surface area contributed by atoms with E-state index >= 15 is 0 Å². The molecule has 0 spiro atoms. The fourth-order valence-electron chi connectivity index (χ4n) is 5.93. The molecule has 2 aliphatic heterocycles. The molecule has 2 atom stereocenters. The van der Waals surface area contributed by atoms with E-state index in [1.165, 1.54) is 31.3 Å². The van der Waals surface area contributed by atoms with Crippen molar-refractivity contribution in [1.29, 1.82) is 0 Å². The highest BCUT2D eigenvalue weighted by atomic mass is 79.9. The van der Waals surface area contributed by atoms with Gasteiger partial charge in [-0.25, -0.2) is 16.8 Å². The molecular formula is C37H43BrN4O6S4Si. The van der Waals surface area contributed by atoms with Crippen molar-refractivity contribution >= 4 is 78.5 Å². The zero-order valence-corrected chi connectivity index (χ0v) is 36.1. The van der Waals surface area contributed by atoms with Gasteiger partial charge in [-0.15, -0.1) is 28.2 Å². The van der Waals surface area contributed by atoms with Gasteiger partial charge >= 0.3 is 0 Å². The van der Waals surface area contributed by atoms with Crippen LogP contribution in [0.1, 0.15) is 39.4 Å². The molecule has 2 saturated heterocycles. The highest BCUT2D eigenvalue weighted by Crippen LogP contribution is 2.31. The molecule has 2 aromatic heterocycles. The Kier molecular flexibility index (Phi) is 13.2. The molecule has 4 heterocycles. The summed E-state index contributed by atoms with van der Waals surface area (Å²) in [6.45, 7) is 12.3. The molecule has 282 valence electrons. The molecule has 10 nitrogen and oxygen atoms in total. The van der Waals surface area contributed by atoms with Gasteiger partial charge in [0.05, 0.1) is 8.66 Å². The van der Waals surface area contributed by atoms with Crippen LogP contribution < -0.4 is 0 Å². The van der Waals surface area contributed by atoms with E-state index < -0.39 is 28.1 Å². The Bertz CT molecular complexity index is 2200. The van der Waals surface area contributed by atoms with Crippen LogP contribution in [0.15, 0.2) is 97.1 Å². The van der Waals surface area contributed by atoms with Gasteiger partial charge in [-0.1, -0.05) is 62.0 Å². The van der Waals surface area contributed by atoms with E-state index in [2.05, 4.69) is 47.0 Å². The molecule has 0 N–H and O–H groups in total. The van der Waals surface area contributed by atoms with Crippen molar-refractivity contribution in [3.05, 3.63) is 105 Å². The highest BCUT2D eigenvalue weighted by molar-refractivity contribution is 9.11. The van der Waals surface area contributed by atoms with Crippen LogP contribution in [0.25, 0.3) is 0 Å². The molecule has 2 fully saturated rings. The van der Waals surface area contributed by atoms with E-state index in [1.807, 2.05) is 50.2 Å². The van der Waals surface area contributed by atoms with Crippen LogP contribution in [-0.2, 0) is 20.0 Å². The summed E-state index contributed by atoms with van der Waals surface area (Å²) in [7, 11) is -8.64. The van der Waals surface area contributed by atoms with Gasteiger partial charge < -0.3 is 9.80 Å². The molecule has 0 aliphatic carbocycles. The van der Waals surface area contributed by atoms with Crippen LogP contribution in [-0.4, -0.2) is 106 Å². The van der Waals surface area contributed by atoms with Gasteiger partial charge in [0.15, 0.2) is 0 Å². The maximum atomic E-state index is 13.2. The minimum Gasteiger partial charge on any atom is -0.336 e. The standard InChI is InChI=1S/C21H26N2O3S2Si.C16H17BrN2O3S2/c1-17-16-22(21(24)18-8-6-5-7-9-18)13-14-23(17)28(25,26)20-11-10-19(27-20)12-15-29(2,3)4;1-12-11-18(16(20)13-5-3-2-4-6-13)9-10-19(12)24(21,22)15-8-7-14(17)23-15/h5-11,17H,13-14,16H2,1-4H3;2-8,12H,9-11H2,1H3/t17-;12-/m11/s1. The number of rotatable bonds is 6. The van der Waals surface area contributed by atoms with Crippen molar-refractivity contribution in [3.63, 3.8) is 0 Å². The van der Waals surface area contributed by atoms with Crippen molar-refractivity contribution in [3.8, 4) is 11.5 Å². The lowest BCUT2D eigenvalue weighted by Crippen LogP contribution is -2.55. The maximum Gasteiger partial charge on any atom is 0.253 e. The molecule has 16 heteroatoms. The number of hydrogen-bond donors (Lipinski definition) is 0. The molecule has 0 saturated carbocycles. The summed E-state index contributed by atoms with van der Waals surface area (Å²) < 4.78 is 56.3. The quantitative estimate of drug-likeness (QED) is 0.160. The van der Waals surface area contributed by atoms with Crippen LogP contribution in [0.4, 0.5) is 0 Å². The largest absolute Gasteiger partial charge is 0.336 e. The average Bonchev–Trinajstić information content (AvgIpc) is 3.81. The molecule has 2 aromatic carbocycles. The number of carbonyl (C=O) groups is 2. The Labute approximate surface area is 330 Å². The third kappa shape index (κ3) is 10.1. The van der Waals surface area contributed by atoms with E-state index in [9.17, 15) is 26.4 Å². The van der Waals surface area contributed by atoms with Gasteiger partial charge in [0.1, 0.15) is 16.5 Å². The van der Waals surface area contributed by atoms with Gasteiger partial charge in [-0.2, -0.15) is 8.61 Å². The first-order chi connectivity index (χ1) is 25.0. The number of halogens is 1. The predicted molar refractivity (Wildman–Crippen MR) is 218 cm³/mol. The van der Waals surface area contributed by atoms with E-state index in [1.54, 1.807) is 58.3 Å². The molecule has 0 bridgehead atoms. The SMILES string of the molecule is C[C@@H]1CN(C(=O)c2ccccc2)CCN1S(=O)(=O)c1ccc(Br)s1.C[C@@H]1CN(C(=O)c2ccccc2)CCN1S(=O)(=O)c1ccc(C#C[Si](C)(C)C)s1. The first kappa shape index (κ1) is 41.0. The third-order valence-electron chi connectivity index (χ3n) is 8.57. The van der Waals surface area contributed by atoms with E-state index in [4.69, 9.17) is 0 Å². The Hall–Kier alpha value is -3.14. The van der Waals surface area contributed by atoms with Crippen molar-refractivity contribution in [2.75, 3.05) is 39.3 Å². The number of thiophene rings is 2. The van der Waals surface area contributed by atoms with Gasteiger partial charge in [0.2, 0.25) is 0 Å². The number of benzene rings is 2. The molecule has 4 aromatic rings. The summed E-state index contributed by atoms with van der Waals surface area (Å²) in [5.74, 6) is 3.01. The van der Waals surface area contributed by atoms with E-state index in [0.29, 0.717) is 52.3 Å². The van der Waals surface area contributed by atoms with Crippen molar-refractivity contribution < 1.29 is 26.4 Å². The number of piperazine rings is 2. The molecule has 0 unspecified atom stereocenters. The normalized spacial score (nSPS) is 18.8. The summed E-state index contributed by atoms with van der Waals surface area (Å²) in [5, 5.41) is 0. The summed E-state index contributed by atoms with van der Waals surface area (Å²) in [4.78, 5) is 29.4. The average molecular weight is 876 g/mol. The number of sulfonamides is 2. The fourth-order valence-corrected chi connectivity index (χ4v) is 13.2. The molecule has 2 aliphatic rings. The van der Waals surface area contributed by atoms with Crippen LogP contribution in [0, 0.1) is 11.5 Å². The van der Waals surface area contributed by atoms with Crippen molar-refractivity contribution in [2.45, 2.75) is 54.0 Å². The minimum atomic E-state index is -3.60. The zero-order valence-electron chi connectivity index (χ0n) is 30.2. The van der Waals surface area contributed by atoms with Crippen LogP contribution in [0.3, 0.4) is 0 Å². The third-order valence-corrected chi connectivity index (χ3v) is 17.0. The van der Waals surface area contributed by atoms with Gasteiger partial charge in [-0.3, -0.25) is 9.59 Å². The summed E-state index contributed by atoms with van der Waals surface area (Å²) in [6, 6.07) is 24.4. The lowest BCUT2D eigenvalue weighted by molar-refractivity contribution is 0.0637. The summed E-state index contributed by atoms with van der Waals surface area (Å²) >= 11 is 5.72.